The Balaban J connectivity index is 1.76. The Morgan fingerprint density at radius 3 is 2.40 bits per heavy atom. The van der Waals surface area contributed by atoms with E-state index in [4.69, 9.17) is 4.98 Å². The molecule has 0 aromatic carbocycles. The van der Waals surface area contributed by atoms with E-state index in [1.54, 1.807) is 0 Å². The lowest BCUT2D eigenvalue weighted by Crippen LogP contribution is -2.22. The molecule has 2 saturated carbocycles. The third-order valence-electron chi connectivity index (χ3n) is 4.80. The van der Waals surface area contributed by atoms with E-state index in [1.165, 1.54) is 51.4 Å². The molecule has 0 atom stereocenters. The first-order valence-electron chi connectivity index (χ1n) is 7.98. The Kier molecular flexibility index (Phi) is 4.48. The van der Waals surface area contributed by atoms with Gasteiger partial charge in [-0.3, -0.25) is 4.79 Å². The predicted molar refractivity (Wildman–Crippen MR) is 89.2 cm³/mol. The van der Waals surface area contributed by atoms with Crippen molar-refractivity contribution in [2.24, 2.45) is 5.92 Å². The van der Waals surface area contributed by atoms with Crippen LogP contribution in [-0.2, 0) is 0 Å². The summed E-state index contributed by atoms with van der Waals surface area (Å²) >= 11 is 2.16. The standard InChI is InChI=1S/C16H23IN2O/c1-2-3-10-4-6-12(7-5-10)15-18-14(11-8-9-11)13(17)16(20)19-15/h10-12H,2-9H2,1H3,(H,18,19,20). The number of aromatic nitrogens is 2. The van der Waals surface area contributed by atoms with Crippen LogP contribution in [0.2, 0.25) is 0 Å². The first kappa shape index (κ1) is 14.5. The van der Waals surface area contributed by atoms with Gasteiger partial charge in [-0.2, -0.15) is 0 Å². The Hall–Kier alpha value is -0.390. The zero-order valence-electron chi connectivity index (χ0n) is 12.1. The normalized spacial score (nSPS) is 26.7. The molecule has 2 fully saturated rings. The average molecular weight is 386 g/mol. The van der Waals surface area contributed by atoms with E-state index in [-0.39, 0.29) is 5.56 Å². The summed E-state index contributed by atoms with van der Waals surface area (Å²) in [6.07, 6.45) is 10.0. The van der Waals surface area contributed by atoms with Crippen molar-refractivity contribution in [3.05, 3.63) is 25.4 Å². The Bertz CT molecular complexity index is 528. The number of H-pyrrole nitrogens is 1. The van der Waals surface area contributed by atoms with Crippen molar-refractivity contribution in [1.29, 1.82) is 0 Å². The number of rotatable bonds is 4. The van der Waals surface area contributed by atoms with Crippen LogP contribution < -0.4 is 5.56 Å². The van der Waals surface area contributed by atoms with E-state index < -0.39 is 0 Å². The van der Waals surface area contributed by atoms with Crippen LogP contribution in [0.25, 0.3) is 0 Å². The molecule has 0 saturated heterocycles. The second-order valence-electron chi connectivity index (χ2n) is 6.43. The van der Waals surface area contributed by atoms with Gasteiger partial charge in [0.05, 0.1) is 9.26 Å². The van der Waals surface area contributed by atoms with Crippen LogP contribution in [0.5, 0.6) is 0 Å². The van der Waals surface area contributed by atoms with Crippen molar-refractivity contribution in [1.82, 2.24) is 9.97 Å². The second kappa shape index (κ2) is 6.16. The molecule has 1 heterocycles. The van der Waals surface area contributed by atoms with Gasteiger partial charge in [0.2, 0.25) is 0 Å². The van der Waals surface area contributed by atoms with Gasteiger partial charge in [0.25, 0.3) is 5.56 Å². The first-order valence-corrected chi connectivity index (χ1v) is 9.06. The molecule has 2 aliphatic carbocycles. The Morgan fingerprint density at radius 2 is 1.80 bits per heavy atom. The summed E-state index contributed by atoms with van der Waals surface area (Å²) in [5.41, 5.74) is 1.15. The minimum Gasteiger partial charge on any atom is -0.309 e. The van der Waals surface area contributed by atoms with Crippen LogP contribution in [0.3, 0.4) is 0 Å². The number of nitrogens with zero attached hydrogens (tertiary/aromatic N) is 1. The van der Waals surface area contributed by atoms with Gasteiger partial charge >= 0.3 is 0 Å². The predicted octanol–water partition coefficient (Wildman–Crippen LogP) is 4.33. The van der Waals surface area contributed by atoms with Crippen LogP contribution in [0.15, 0.2) is 4.79 Å². The zero-order chi connectivity index (χ0) is 14.1. The van der Waals surface area contributed by atoms with Gasteiger partial charge in [0.1, 0.15) is 5.82 Å². The number of aromatic amines is 1. The summed E-state index contributed by atoms with van der Waals surface area (Å²) in [6.45, 7) is 2.27. The molecule has 0 bridgehead atoms. The maximum absolute atomic E-state index is 12.1. The maximum atomic E-state index is 12.1. The molecule has 1 aromatic rings. The van der Waals surface area contributed by atoms with Crippen LogP contribution in [-0.4, -0.2) is 9.97 Å². The van der Waals surface area contributed by atoms with E-state index in [0.717, 1.165) is 21.0 Å². The molecule has 110 valence electrons. The SMILES string of the molecule is CCCC1CCC(c2nc(C3CC3)c(I)c(=O)[nH]2)CC1. The highest BCUT2D eigenvalue weighted by molar-refractivity contribution is 14.1. The largest absolute Gasteiger partial charge is 0.309 e. The van der Waals surface area contributed by atoms with Gasteiger partial charge in [-0.15, -0.1) is 0 Å². The number of nitrogens with one attached hydrogen (secondary N) is 1. The van der Waals surface area contributed by atoms with Crippen molar-refractivity contribution in [3.63, 3.8) is 0 Å². The first-order chi connectivity index (χ1) is 9.69. The van der Waals surface area contributed by atoms with E-state index in [0.29, 0.717) is 11.8 Å². The molecule has 3 rings (SSSR count). The Morgan fingerprint density at radius 1 is 1.15 bits per heavy atom. The third kappa shape index (κ3) is 3.10. The molecule has 0 amide bonds. The van der Waals surface area contributed by atoms with E-state index in [1.807, 2.05) is 0 Å². The topological polar surface area (TPSA) is 45.8 Å². The monoisotopic (exact) mass is 386 g/mol. The number of halogens is 1. The van der Waals surface area contributed by atoms with E-state index in [2.05, 4.69) is 34.5 Å². The minimum atomic E-state index is 0.0770. The fourth-order valence-electron chi connectivity index (χ4n) is 3.45. The number of hydrogen-bond acceptors (Lipinski definition) is 2. The molecule has 0 spiro atoms. The maximum Gasteiger partial charge on any atom is 0.264 e. The molecule has 0 unspecified atom stereocenters. The van der Waals surface area contributed by atoms with Gasteiger partial charge in [-0.1, -0.05) is 19.8 Å². The van der Waals surface area contributed by atoms with Crippen LogP contribution in [0.4, 0.5) is 0 Å². The zero-order valence-corrected chi connectivity index (χ0v) is 14.3. The lowest BCUT2D eigenvalue weighted by molar-refractivity contribution is 0.301. The van der Waals surface area contributed by atoms with Gasteiger partial charge in [0.15, 0.2) is 0 Å². The highest BCUT2D eigenvalue weighted by Crippen LogP contribution is 2.41. The fraction of sp³-hybridized carbons (Fsp3) is 0.750. The quantitative estimate of drug-likeness (QED) is 0.784. The lowest BCUT2D eigenvalue weighted by atomic mass is 9.80. The van der Waals surface area contributed by atoms with E-state index in [9.17, 15) is 4.79 Å². The van der Waals surface area contributed by atoms with Gasteiger partial charge < -0.3 is 4.98 Å². The van der Waals surface area contributed by atoms with Crippen molar-refractivity contribution in [2.75, 3.05) is 0 Å². The van der Waals surface area contributed by atoms with Gasteiger partial charge in [-0.25, -0.2) is 4.98 Å². The summed E-state index contributed by atoms with van der Waals surface area (Å²) in [7, 11) is 0. The van der Waals surface area contributed by atoms with Crippen molar-refractivity contribution < 1.29 is 0 Å². The second-order valence-corrected chi connectivity index (χ2v) is 7.51. The summed E-state index contributed by atoms with van der Waals surface area (Å²) < 4.78 is 0.813. The molecule has 3 nitrogen and oxygen atoms in total. The summed E-state index contributed by atoms with van der Waals surface area (Å²) in [4.78, 5) is 20.0. The summed E-state index contributed by atoms with van der Waals surface area (Å²) in [6, 6.07) is 0. The number of hydrogen-bond donors (Lipinski definition) is 1. The highest BCUT2D eigenvalue weighted by Gasteiger charge is 2.30. The molecular weight excluding hydrogens is 363 g/mol. The van der Waals surface area contributed by atoms with Gasteiger partial charge in [-0.05, 0) is 67.0 Å². The lowest BCUT2D eigenvalue weighted by Gasteiger charge is -2.27. The van der Waals surface area contributed by atoms with Crippen molar-refractivity contribution >= 4 is 22.6 Å². The summed E-state index contributed by atoms with van der Waals surface area (Å²) in [5.74, 6) is 2.90. The van der Waals surface area contributed by atoms with Gasteiger partial charge in [0, 0.05) is 11.8 Å². The molecule has 1 aromatic heterocycles. The van der Waals surface area contributed by atoms with Crippen LogP contribution in [0, 0.1) is 9.49 Å². The van der Waals surface area contributed by atoms with Crippen LogP contribution in [0.1, 0.15) is 81.6 Å². The molecular formula is C16H23IN2O. The van der Waals surface area contributed by atoms with Crippen molar-refractivity contribution in [3.8, 4) is 0 Å². The van der Waals surface area contributed by atoms with E-state index >= 15 is 0 Å². The van der Waals surface area contributed by atoms with Crippen molar-refractivity contribution in [2.45, 2.75) is 70.1 Å². The molecule has 4 heteroatoms. The Labute approximate surface area is 134 Å². The average Bonchev–Trinajstić information content (AvgIpc) is 3.27. The highest BCUT2D eigenvalue weighted by atomic mass is 127. The minimum absolute atomic E-state index is 0.0770. The third-order valence-corrected chi connectivity index (χ3v) is 5.84. The molecule has 0 aliphatic heterocycles. The smallest absolute Gasteiger partial charge is 0.264 e. The fourth-order valence-corrected chi connectivity index (χ4v) is 4.14. The molecule has 1 N–H and O–H groups in total. The molecule has 2 aliphatic rings. The molecule has 0 radical (unpaired) electrons. The summed E-state index contributed by atoms with van der Waals surface area (Å²) in [5, 5.41) is 0. The van der Waals surface area contributed by atoms with Crippen LogP contribution >= 0.6 is 22.6 Å². The molecule has 20 heavy (non-hydrogen) atoms.